The van der Waals surface area contributed by atoms with Gasteiger partial charge in [-0.1, -0.05) is 13.8 Å². The Kier molecular flexibility index (Phi) is 5.06. The molecule has 1 fully saturated rings. The van der Waals surface area contributed by atoms with Gasteiger partial charge in [-0.05, 0) is 36.5 Å². The highest BCUT2D eigenvalue weighted by Gasteiger charge is 2.20. The zero-order valence-corrected chi connectivity index (χ0v) is 12.8. The topological polar surface area (TPSA) is 25.4 Å². The van der Waals surface area contributed by atoms with E-state index in [9.17, 15) is 0 Å². The van der Waals surface area contributed by atoms with Gasteiger partial charge in [-0.15, -0.1) is 11.6 Å². The fraction of sp³-hybridized carbons (Fsp3) is 0.667. The summed E-state index contributed by atoms with van der Waals surface area (Å²) in [6.45, 7) is 6.35. The van der Waals surface area contributed by atoms with Gasteiger partial charge in [0.1, 0.15) is 5.82 Å². The number of rotatable bonds is 4. The predicted molar refractivity (Wildman–Crippen MR) is 80.1 cm³/mol. The second kappa shape index (κ2) is 6.58. The summed E-state index contributed by atoms with van der Waals surface area (Å²) in [4.78, 5) is 7.13. The molecule has 19 heavy (non-hydrogen) atoms. The minimum Gasteiger partial charge on any atom is -0.381 e. The van der Waals surface area contributed by atoms with Crippen LogP contribution in [-0.4, -0.2) is 31.3 Å². The lowest BCUT2D eigenvalue weighted by Gasteiger charge is -2.32. The van der Waals surface area contributed by atoms with E-state index in [1.807, 2.05) is 0 Å². The number of alkyl halides is 1. The monoisotopic (exact) mass is 282 g/mol. The van der Waals surface area contributed by atoms with Gasteiger partial charge in [0.25, 0.3) is 0 Å². The van der Waals surface area contributed by atoms with Crippen molar-refractivity contribution >= 4 is 17.4 Å². The first-order valence-electron chi connectivity index (χ1n) is 6.98. The van der Waals surface area contributed by atoms with E-state index in [0.29, 0.717) is 17.9 Å². The van der Waals surface area contributed by atoms with Crippen LogP contribution >= 0.6 is 11.6 Å². The molecular formula is C15H23ClN2O. The molecule has 2 heterocycles. The molecule has 0 spiro atoms. The van der Waals surface area contributed by atoms with Gasteiger partial charge < -0.3 is 9.64 Å². The zero-order chi connectivity index (χ0) is 13.8. The third-order valence-corrected chi connectivity index (χ3v) is 4.05. The normalized spacial score (nSPS) is 17.2. The molecule has 0 aromatic carbocycles. The number of nitrogens with zero attached hydrogens (tertiary/aromatic N) is 2. The van der Waals surface area contributed by atoms with Crippen molar-refractivity contribution in [2.45, 2.75) is 44.6 Å². The van der Waals surface area contributed by atoms with E-state index in [4.69, 9.17) is 21.3 Å². The van der Waals surface area contributed by atoms with Crippen molar-refractivity contribution in [1.29, 1.82) is 0 Å². The van der Waals surface area contributed by atoms with E-state index in [0.717, 1.165) is 43.0 Å². The number of ether oxygens (including phenoxy) is 1. The van der Waals surface area contributed by atoms with E-state index < -0.39 is 0 Å². The molecule has 0 aliphatic carbocycles. The van der Waals surface area contributed by atoms with Crippen LogP contribution < -0.4 is 4.90 Å². The highest BCUT2D eigenvalue weighted by molar-refractivity contribution is 6.17. The third kappa shape index (κ3) is 3.61. The molecule has 0 atom stereocenters. The average Bonchev–Trinajstić information content (AvgIpc) is 2.46. The van der Waals surface area contributed by atoms with Gasteiger partial charge in [-0.25, -0.2) is 4.98 Å². The van der Waals surface area contributed by atoms with Gasteiger partial charge in [0.15, 0.2) is 0 Å². The van der Waals surface area contributed by atoms with Crippen LogP contribution in [0.5, 0.6) is 0 Å². The Balaban J connectivity index is 2.17. The maximum Gasteiger partial charge on any atom is 0.129 e. The molecule has 1 saturated heterocycles. The van der Waals surface area contributed by atoms with E-state index in [-0.39, 0.29) is 0 Å². The number of hydrogen-bond acceptors (Lipinski definition) is 3. The van der Waals surface area contributed by atoms with Crippen molar-refractivity contribution < 1.29 is 4.74 Å². The van der Waals surface area contributed by atoms with Crippen molar-refractivity contribution in [2.75, 3.05) is 25.1 Å². The quantitative estimate of drug-likeness (QED) is 0.790. The molecule has 0 radical (unpaired) electrons. The van der Waals surface area contributed by atoms with E-state index in [1.54, 1.807) is 7.11 Å². The minimum absolute atomic E-state index is 0.400. The lowest BCUT2D eigenvalue weighted by molar-refractivity contribution is 0.0818. The van der Waals surface area contributed by atoms with Gasteiger partial charge in [0.2, 0.25) is 0 Å². The van der Waals surface area contributed by atoms with E-state index in [1.165, 1.54) is 0 Å². The Morgan fingerprint density at radius 3 is 2.58 bits per heavy atom. The Morgan fingerprint density at radius 2 is 2.05 bits per heavy atom. The predicted octanol–water partition coefficient (Wildman–Crippen LogP) is 3.56. The van der Waals surface area contributed by atoms with E-state index in [2.05, 4.69) is 30.9 Å². The molecule has 1 aliphatic rings. The molecule has 0 N–H and O–H groups in total. The molecule has 4 heteroatoms. The van der Waals surface area contributed by atoms with Crippen LogP contribution in [0.2, 0.25) is 0 Å². The second-order valence-corrected chi connectivity index (χ2v) is 5.74. The first-order valence-corrected chi connectivity index (χ1v) is 7.52. The van der Waals surface area contributed by atoms with Gasteiger partial charge in [0.05, 0.1) is 6.10 Å². The fourth-order valence-corrected chi connectivity index (χ4v) is 2.60. The van der Waals surface area contributed by atoms with Crippen molar-refractivity contribution in [1.82, 2.24) is 4.98 Å². The standard InChI is InChI=1S/C15H23ClN2O/c1-11(2)14-8-12(10-16)9-15(17-14)18-6-4-13(19-3)5-7-18/h8-9,11,13H,4-7,10H2,1-3H3. The molecule has 0 bridgehead atoms. The van der Waals surface area contributed by atoms with Crippen LogP contribution in [0.3, 0.4) is 0 Å². The Labute approximate surface area is 120 Å². The highest BCUT2D eigenvalue weighted by Crippen LogP contribution is 2.24. The van der Waals surface area contributed by atoms with Crippen LogP contribution in [-0.2, 0) is 10.6 Å². The number of piperidine rings is 1. The summed E-state index contributed by atoms with van der Waals surface area (Å²) in [5.41, 5.74) is 2.28. The summed E-state index contributed by atoms with van der Waals surface area (Å²) in [6.07, 6.45) is 2.54. The zero-order valence-electron chi connectivity index (χ0n) is 12.0. The molecular weight excluding hydrogens is 260 g/mol. The molecule has 0 unspecified atom stereocenters. The molecule has 106 valence electrons. The van der Waals surface area contributed by atoms with Gasteiger partial charge >= 0.3 is 0 Å². The highest BCUT2D eigenvalue weighted by atomic mass is 35.5. The van der Waals surface area contributed by atoms with Crippen LogP contribution in [0.4, 0.5) is 5.82 Å². The molecule has 2 rings (SSSR count). The number of aromatic nitrogens is 1. The van der Waals surface area contributed by atoms with Crippen molar-refractivity contribution in [3.8, 4) is 0 Å². The number of anilines is 1. The number of methoxy groups -OCH3 is 1. The summed E-state index contributed by atoms with van der Waals surface area (Å²) >= 11 is 5.99. The Hall–Kier alpha value is -0.800. The van der Waals surface area contributed by atoms with E-state index >= 15 is 0 Å². The number of hydrogen-bond donors (Lipinski definition) is 0. The number of pyridine rings is 1. The first-order chi connectivity index (χ1) is 9.13. The van der Waals surface area contributed by atoms with Gasteiger partial charge in [-0.3, -0.25) is 0 Å². The van der Waals surface area contributed by atoms with Crippen molar-refractivity contribution in [3.63, 3.8) is 0 Å². The maximum absolute atomic E-state index is 5.99. The molecule has 1 aromatic rings. The van der Waals surface area contributed by atoms with Crippen LogP contribution in [0.1, 0.15) is 43.9 Å². The van der Waals surface area contributed by atoms with Crippen molar-refractivity contribution in [2.24, 2.45) is 0 Å². The minimum atomic E-state index is 0.400. The summed E-state index contributed by atoms with van der Waals surface area (Å²) in [5.74, 6) is 2.04. The summed E-state index contributed by atoms with van der Waals surface area (Å²) in [6, 6.07) is 4.23. The number of halogens is 1. The molecule has 3 nitrogen and oxygen atoms in total. The summed E-state index contributed by atoms with van der Waals surface area (Å²) in [7, 11) is 1.80. The molecule has 0 saturated carbocycles. The molecule has 1 aromatic heterocycles. The Bertz CT molecular complexity index is 415. The summed E-state index contributed by atoms with van der Waals surface area (Å²) < 4.78 is 5.41. The van der Waals surface area contributed by atoms with Crippen LogP contribution in [0, 0.1) is 0 Å². The second-order valence-electron chi connectivity index (χ2n) is 5.47. The fourth-order valence-electron chi connectivity index (χ4n) is 2.45. The van der Waals surface area contributed by atoms with Gasteiger partial charge in [0, 0.05) is 31.8 Å². The van der Waals surface area contributed by atoms with Crippen molar-refractivity contribution in [3.05, 3.63) is 23.4 Å². The Morgan fingerprint density at radius 1 is 1.37 bits per heavy atom. The largest absolute Gasteiger partial charge is 0.381 e. The lowest BCUT2D eigenvalue weighted by Crippen LogP contribution is -2.37. The molecule has 1 aliphatic heterocycles. The van der Waals surface area contributed by atoms with Crippen LogP contribution in [0.25, 0.3) is 0 Å². The average molecular weight is 283 g/mol. The smallest absolute Gasteiger partial charge is 0.129 e. The first kappa shape index (κ1) is 14.6. The third-order valence-electron chi connectivity index (χ3n) is 3.74. The SMILES string of the molecule is COC1CCN(c2cc(CCl)cc(C(C)C)n2)CC1. The lowest BCUT2D eigenvalue weighted by atomic mass is 10.1. The molecule has 0 amide bonds. The van der Waals surface area contributed by atoms with Crippen LogP contribution in [0.15, 0.2) is 12.1 Å². The summed E-state index contributed by atoms with van der Waals surface area (Å²) in [5, 5.41) is 0. The maximum atomic E-state index is 5.99. The van der Waals surface area contributed by atoms with Gasteiger partial charge in [-0.2, -0.15) is 0 Å².